The standard InChI is InChI=1S/C21H26N2O2S/c1-15(2)26-19-12-6-5-11-18(19)20(24)23-14-16-8-7-13-22-21(16)25-17-9-3-4-10-17/h5-8,11-13,15,17H,3-4,9-10,14H2,1-2H3,(H,23,24). The lowest BCUT2D eigenvalue weighted by Crippen LogP contribution is -2.24. The first-order valence-corrected chi connectivity index (χ1v) is 10.2. The zero-order valence-corrected chi connectivity index (χ0v) is 16.2. The van der Waals surface area contributed by atoms with Gasteiger partial charge in [-0.25, -0.2) is 4.98 Å². The molecule has 1 heterocycles. The number of nitrogens with one attached hydrogen (secondary N) is 1. The topological polar surface area (TPSA) is 51.2 Å². The van der Waals surface area contributed by atoms with Crippen LogP contribution in [-0.2, 0) is 6.54 Å². The summed E-state index contributed by atoms with van der Waals surface area (Å²) < 4.78 is 6.05. The molecule has 0 spiro atoms. The van der Waals surface area contributed by atoms with Crippen molar-refractivity contribution in [3.05, 3.63) is 53.7 Å². The van der Waals surface area contributed by atoms with E-state index in [1.807, 2.05) is 36.4 Å². The van der Waals surface area contributed by atoms with E-state index >= 15 is 0 Å². The number of benzene rings is 1. The van der Waals surface area contributed by atoms with Gasteiger partial charge in [0.25, 0.3) is 5.91 Å². The number of carbonyl (C=O) groups is 1. The van der Waals surface area contributed by atoms with Crippen LogP contribution in [0.3, 0.4) is 0 Å². The third kappa shape index (κ3) is 5.01. The number of rotatable bonds is 7. The van der Waals surface area contributed by atoms with Crippen LogP contribution in [-0.4, -0.2) is 22.2 Å². The molecule has 3 rings (SSSR count). The van der Waals surface area contributed by atoms with E-state index in [-0.39, 0.29) is 12.0 Å². The number of amides is 1. The maximum absolute atomic E-state index is 12.7. The van der Waals surface area contributed by atoms with Gasteiger partial charge in [-0.05, 0) is 43.9 Å². The predicted molar refractivity (Wildman–Crippen MR) is 106 cm³/mol. The lowest BCUT2D eigenvalue weighted by atomic mass is 10.2. The lowest BCUT2D eigenvalue weighted by Gasteiger charge is -2.16. The summed E-state index contributed by atoms with van der Waals surface area (Å²) in [6, 6.07) is 11.6. The number of carbonyl (C=O) groups excluding carboxylic acids is 1. The molecule has 1 aliphatic rings. The molecule has 0 radical (unpaired) electrons. The first-order chi connectivity index (χ1) is 12.6. The molecule has 0 unspecified atom stereocenters. The van der Waals surface area contributed by atoms with Crippen LogP contribution in [0.1, 0.15) is 55.5 Å². The van der Waals surface area contributed by atoms with Gasteiger partial charge in [-0.2, -0.15) is 0 Å². The predicted octanol–water partition coefficient (Wildman–Crippen LogP) is 4.83. The van der Waals surface area contributed by atoms with Gasteiger partial charge in [0.1, 0.15) is 6.10 Å². The van der Waals surface area contributed by atoms with Gasteiger partial charge in [-0.15, -0.1) is 11.8 Å². The van der Waals surface area contributed by atoms with Crippen molar-refractivity contribution in [1.82, 2.24) is 10.3 Å². The molecule has 0 atom stereocenters. The zero-order valence-electron chi connectivity index (χ0n) is 15.4. The van der Waals surface area contributed by atoms with Crippen molar-refractivity contribution in [2.45, 2.75) is 62.3 Å². The molecule has 5 heteroatoms. The molecule has 1 aromatic heterocycles. The summed E-state index contributed by atoms with van der Waals surface area (Å²) in [6.45, 7) is 4.67. The maximum atomic E-state index is 12.7. The largest absolute Gasteiger partial charge is 0.474 e. The van der Waals surface area contributed by atoms with E-state index in [9.17, 15) is 4.79 Å². The van der Waals surface area contributed by atoms with Gasteiger partial charge in [0.15, 0.2) is 0 Å². The summed E-state index contributed by atoms with van der Waals surface area (Å²) in [4.78, 5) is 18.1. The van der Waals surface area contributed by atoms with Crippen LogP contribution in [0, 0.1) is 0 Å². The fourth-order valence-electron chi connectivity index (χ4n) is 3.11. The Kier molecular flexibility index (Phi) is 6.56. The minimum absolute atomic E-state index is 0.0654. The SMILES string of the molecule is CC(C)Sc1ccccc1C(=O)NCc1cccnc1OC1CCCC1. The van der Waals surface area contributed by atoms with Gasteiger partial charge in [0.05, 0.1) is 5.56 Å². The number of ether oxygens (including phenoxy) is 1. The zero-order chi connectivity index (χ0) is 18.4. The fourth-order valence-corrected chi connectivity index (χ4v) is 4.06. The van der Waals surface area contributed by atoms with Crippen LogP contribution in [0.15, 0.2) is 47.5 Å². The highest BCUT2D eigenvalue weighted by atomic mass is 32.2. The van der Waals surface area contributed by atoms with Crippen molar-refractivity contribution in [2.75, 3.05) is 0 Å². The molecule has 0 saturated heterocycles. The summed E-state index contributed by atoms with van der Waals surface area (Å²) >= 11 is 1.70. The average Bonchev–Trinajstić information content (AvgIpc) is 3.14. The molecular formula is C21H26N2O2S. The maximum Gasteiger partial charge on any atom is 0.252 e. The summed E-state index contributed by atoms with van der Waals surface area (Å²) in [5, 5.41) is 3.45. The van der Waals surface area contributed by atoms with E-state index in [1.165, 1.54) is 12.8 Å². The molecule has 138 valence electrons. The molecule has 1 saturated carbocycles. The highest BCUT2D eigenvalue weighted by Crippen LogP contribution is 2.27. The first kappa shape index (κ1) is 18.8. The van der Waals surface area contributed by atoms with Gasteiger partial charge in [-0.1, -0.05) is 32.0 Å². The van der Waals surface area contributed by atoms with Gasteiger partial charge in [-0.3, -0.25) is 4.79 Å². The Bertz CT molecular complexity index is 742. The number of hydrogen-bond donors (Lipinski definition) is 1. The summed E-state index contributed by atoms with van der Waals surface area (Å²) in [5.74, 6) is 0.578. The minimum atomic E-state index is -0.0654. The molecule has 4 nitrogen and oxygen atoms in total. The second-order valence-corrected chi connectivity index (χ2v) is 8.46. The molecule has 0 aliphatic heterocycles. The molecular weight excluding hydrogens is 344 g/mol. The van der Waals surface area contributed by atoms with Gasteiger partial charge in [0, 0.05) is 28.5 Å². The molecule has 0 bridgehead atoms. The Morgan fingerprint density at radius 2 is 2.00 bits per heavy atom. The van der Waals surface area contributed by atoms with Crippen molar-refractivity contribution in [3.63, 3.8) is 0 Å². The Morgan fingerprint density at radius 3 is 2.77 bits per heavy atom. The average molecular weight is 371 g/mol. The van der Waals surface area contributed by atoms with Crippen LogP contribution in [0.4, 0.5) is 0 Å². The fraction of sp³-hybridized carbons (Fsp3) is 0.429. The third-order valence-electron chi connectivity index (χ3n) is 4.36. The molecule has 26 heavy (non-hydrogen) atoms. The normalized spacial score (nSPS) is 14.6. The van der Waals surface area contributed by atoms with E-state index in [2.05, 4.69) is 24.1 Å². The Hall–Kier alpha value is -2.01. The van der Waals surface area contributed by atoms with E-state index in [4.69, 9.17) is 4.74 Å². The minimum Gasteiger partial charge on any atom is -0.474 e. The van der Waals surface area contributed by atoms with E-state index in [0.717, 1.165) is 23.3 Å². The highest BCUT2D eigenvalue weighted by molar-refractivity contribution is 8.00. The number of thioether (sulfide) groups is 1. The summed E-state index contributed by atoms with van der Waals surface area (Å²) in [5.41, 5.74) is 1.63. The molecule has 1 aliphatic carbocycles. The summed E-state index contributed by atoms with van der Waals surface area (Å²) in [7, 11) is 0. The number of pyridine rings is 1. The van der Waals surface area contributed by atoms with E-state index in [1.54, 1.807) is 18.0 Å². The van der Waals surface area contributed by atoms with Crippen LogP contribution in [0.2, 0.25) is 0 Å². The number of hydrogen-bond acceptors (Lipinski definition) is 4. The number of aromatic nitrogens is 1. The number of nitrogens with zero attached hydrogens (tertiary/aromatic N) is 1. The van der Waals surface area contributed by atoms with Gasteiger partial charge >= 0.3 is 0 Å². The van der Waals surface area contributed by atoms with E-state index in [0.29, 0.717) is 23.2 Å². The van der Waals surface area contributed by atoms with Crippen molar-refractivity contribution in [2.24, 2.45) is 0 Å². The lowest BCUT2D eigenvalue weighted by molar-refractivity contribution is 0.0947. The molecule has 1 amide bonds. The molecule has 2 aromatic rings. The van der Waals surface area contributed by atoms with Crippen LogP contribution in [0.5, 0.6) is 5.88 Å². The van der Waals surface area contributed by atoms with Crippen molar-refractivity contribution in [3.8, 4) is 5.88 Å². The molecule has 1 fully saturated rings. The van der Waals surface area contributed by atoms with Crippen molar-refractivity contribution in [1.29, 1.82) is 0 Å². The third-order valence-corrected chi connectivity index (χ3v) is 5.45. The smallest absolute Gasteiger partial charge is 0.252 e. The van der Waals surface area contributed by atoms with Crippen LogP contribution < -0.4 is 10.1 Å². The Balaban J connectivity index is 1.67. The quantitative estimate of drug-likeness (QED) is 0.709. The van der Waals surface area contributed by atoms with E-state index < -0.39 is 0 Å². The van der Waals surface area contributed by atoms with Crippen molar-refractivity contribution >= 4 is 17.7 Å². The molecule has 1 aromatic carbocycles. The molecule has 1 N–H and O–H groups in total. The van der Waals surface area contributed by atoms with Gasteiger partial charge in [0.2, 0.25) is 5.88 Å². The van der Waals surface area contributed by atoms with Crippen molar-refractivity contribution < 1.29 is 9.53 Å². The van der Waals surface area contributed by atoms with Crippen LogP contribution >= 0.6 is 11.8 Å². The first-order valence-electron chi connectivity index (χ1n) is 9.28. The summed E-state index contributed by atoms with van der Waals surface area (Å²) in [6.07, 6.45) is 6.60. The monoisotopic (exact) mass is 370 g/mol. The Morgan fingerprint density at radius 1 is 1.23 bits per heavy atom. The van der Waals surface area contributed by atoms with Gasteiger partial charge < -0.3 is 10.1 Å². The second-order valence-electron chi connectivity index (χ2n) is 6.84. The van der Waals surface area contributed by atoms with Crippen LogP contribution in [0.25, 0.3) is 0 Å². The Labute approximate surface area is 159 Å². The second kappa shape index (κ2) is 9.08. The highest BCUT2D eigenvalue weighted by Gasteiger charge is 2.19.